The van der Waals surface area contributed by atoms with Crippen molar-refractivity contribution in [3.63, 3.8) is 0 Å². The molecule has 6 heteroatoms. The largest absolute Gasteiger partial charge is 0.368 e. The number of H-pyrrole nitrogens is 1. The second-order valence-electron chi connectivity index (χ2n) is 9.08. The van der Waals surface area contributed by atoms with Crippen LogP contribution in [-0.4, -0.2) is 52.4 Å². The van der Waals surface area contributed by atoms with Gasteiger partial charge in [-0.2, -0.15) is 0 Å². The van der Waals surface area contributed by atoms with Crippen LogP contribution in [0.2, 0.25) is 0 Å². The summed E-state index contributed by atoms with van der Waals surface area (Å²) in [4.78, 5) is 22.4. The van der Waals surface area contributed by atoms with Crippen molar-refractivity contribution < 1.29 is 0 Å². The molecule has 0 spiro atoms. The average molecular weight is 396 g/mol. The van der Waals surface area contributed by atoms with Crippen LogP contribution in [0, 0.1) is 5.92 Å². The summed E-state index contributed by atoms with van der Waals surface area (Å²) in [6.45, 7) is 5.68. The first kappa shape index (κ1) is 18.9. The molecule has 29 heavy (non-hydrogen) atoms. The van der Waals surface area contributed by atoms with Gasteiger partial charge in [0.1, 0.15) is 0 Å². The van der Waals surface area contributed by atoms with Crippen LogP contribution in [-0.2, 0) is 12.8 Å². The molecule has 6 nitrogen and oxygen atoms in total. The second-order valence-corrected chi connectivity index (χ2v) is 9.08. The lowest BCUT2D eigenvalue weighted by atomic mass is 9.89. The molecule has 2 aromatic rings. The minimum atomic E-state index is 0.0799. The molecule has 2 fully saturated rings. The number of anilines is 1. The molecule has 5 rings (SSSR count). The number of fused-ring (bicyclic) bond motifs is 1. The van der Waals surface area contributed by atoms with Gasteiger partial charge in [0, 0.05) is 44.0 Å². The lowest BCUT2D eigenvalue weighted by molar-refractivity contribution is 0.192. The zero-order chi connectivity index (χ0) is 19.6. The van der Waals surface area contributed by atoms with Crippen LogP contribution in [0.3, 0.4) is 0 Å². The van der Waals surface area contributed by atoms with E-state index in [-0.39, 0.29) is 5.56 Å². The highest BCUT2D eigenvalue weighted by atomic mass is 16.1. The predicted molar refractivity (Wildman–Crippen MR) is 116 cm³/mol. The number of hydrogen-bond donors (Lipinski definition) is 1. The molecule has 0 aromatic carbocycles. The molecule has 0 unspecified atom stereocenters. The molecule has 2 aliphatic carbocycles. The van der Waals surface area contributed by atoms with Crippen molar-refractivity contribution in [2.75, 3.05) is 37.6 Å². The molecule has 0 amide bonds. The van der Waals surface area contributed by atoms with Gasteiger partial charge in [-0.25, -0.2) is 9.67 Å². The Morgan fingerprint density at radius 1 is 0.966 bits per heavy atom. The Bertz CT molecular complexity index is 870. The predicted octanol–water partition coefficient (Wildman–Crippen LogP) is 3.14. The van der Waals surface area contributed by atoms with E-state index in [4.69, 9.17) is 0 Å². The molecule has 1 saturated carbocycles. The molecule has 0 atom stereocenters. The van der Waals surface area contributed by atoms with E-state index < -0.39 is 0 Å². The monoisotopic (exact) mass is 395 g/mol. The fourth-order valence-corrected chi connectivity index (χ4v) is 5.37. The standard InChI is InChI=1S/C23H33N5O/c29-23-20-8-4-5-9-21(20)25-28(23)22-11-10-19(16-24-22)27-14-12-26(13-15-27)17-18-6-2-1-3-7-18/h10-11,16,18,25H,1-9,12-15,17H2. The summed E-state index contributed by atoms with van der Waals surface area (Å²) in [7, 11) is 0. The number of nitrogens with zero attached hydrogens (tertiary/aromatic N) is 4. The lowest BCUT2D eigenvalue weighted by Gasteiger charge is -2.38. The first-order valence-corrected chi connectivity index (χ1v) is 11.5. The SMILES string of the molecule is O=c1c2c([nH]n1-c1ccc(N3CCN(CC4CCCCC4)CC3)cn1)CCCC2. The average Bonchev–Trinajstić information content (AvgIpc) is 3.12. The smallest absolute Gasteiger partial charge is 0.276 e. The van der Waals surface area contributed by atoms with Crippen LogP contribution < -0.4 is 10.5 Å². The van der Waals surface area contributed by atoms with E-state index in [0.29, 0.717) is 5.82 Å². The number of rotatable bonds is 4. The molecule has 1 N–H and O–H groups in total. The third kappa shape index (κ3) is 4.00. The molecule has 3 aliphatic rings. The topological polar surface area (TPSA) is 57.2 Å². The summed E-state index contributed by atoms with van der Waals surface area (Å²) in [5, 5.41) is 3.28. The number of pyridine rings is 1. The normalized spacial score (nSPS) is 21.3. The highest BCUT2D eigenvalue weighted by molar-refractivity contribution is 5.47. The van der Waals surface area contributed by atoms with Gasteiger partial charge in [0.05, 0.1) is 11.9 Å². The molecule has 1 aliphatic heterocycles. The van der Waals surface area contributed by atoms with Crippen LogP contribution in [0.5, 0.6) is 0 Å². The van der Waals surface area contributed by atoms with Crippen LogP contribution in [0.1, 0.15) is 56.2 Å². The third-order valence-electron chi connectivity index (χ3n) is 7.12. The van der Waals surface area contributed by atoms with E-state index in [1.165, 1.54) is 38.6 Å². The van der Waals surface area contributed by atoms with E-state index in [1.807, 2.05) is 12.3 Å². The van der Waals surface area contributed by atoms with Crippen molar-refractivity contribution in [2.24, 2.45) is 5.92 Å². The Morgan fingerprint density at radius 2 is 1.76 bits per heavy atom. The maximum Gasteiger partial charge on any atom is 0.276 e. The van der Waals surface area contributed by atoms with E-state index in [2.05, 4.69) is 25.9 Å². The zero-order valence-corrected chi connectivity index (χ0v) is 17.4. The van der Waals surface area contributed by atoms with Crippen molar-refractivity contribution in [3.05, 3.63) is 39.9 Å². The number of hydrogen-bond acceptors (Lipinski definition) is 4. The van der Waals surface area contributed by atoms with Crippen LogP contribution in [0.25, 0.3) is 5.82 Å². The second kappa shape index (κ2) is 8.34. The van der Waals surface area contributed by atoms with Crippen molar-refractivity contribution in [1.29, 1.82) is 0 Å². The number of aryl methyl sites for hydroxylation is 1. The molecule has 156 valence electrons. The van der Waals surface area contributed by atoms with Crippen LogP contribution in [0.15, 0.2) is 23.1 Å². The molecule has 0 radical (unpaired) electrons. The van der Waals surface area contributed by atoms with Crippen LogP contribution in [0.4, 0.5) is 5.69 Å². The minimum Gasteiger partial charge on any atom is -0.368 e. The van der Waals surface area contributed by atoms with E-state index in [0.717, 1.165) is 74.7 Å². The highest BCUT2D eigenvalue weighted by Gasteiger charge is 2.22. The summed E-state index contributed by atoms with van der Waals surface area (Å²) >= 11 is 0. The van der Waals surface area contributed by atoms with Gasteiger partial charge < -0.3 is 4.90 Å². The Hall–Kier alpha value is -2.08. The number of aromatic nitrogens is 3. The molecular weight excluding hydrogens is 362 g/mol. The summed E-state index contributed by atoms with van der Waals surface area (Å²) in [6.07, 6.45) is 13.2. The molecule has 1 saturated heterocycles. The summed E-state index contributed by atoms with van der Waals surface area (Å²) < 4.78 is 1.63. The summed E-state index contributed by atoms with van der Waals surface area (Å²) in [5.41, 5.74) is 3.30. The summed E-state index contributed by atoms with van der Waals surface area (Å²) in [5.74, 6) is 1.62. The van der Waals surface area contributed by atoms with Gasteiger partial charge in [-0.15, -0.1) is 0 Å². The van der Waals surface area contributed by atoms with Gasteiger partial charge in [-0.3, -0.25) is 14.8 Å². The van der Waals surface area contributed by atoms with Gasteiger partial charge in [-0.1, -0.05) is 19.3 Å². The molecular formula is C23H33N5O. The fourth-order valence-electron chi connectivity index (χ4n) is 5.37. The van der Waals surface area contributed by atoms with Gasteiger partial charge in [-0.05, 0) is 56.6 Å². The van der Waals surface area contributed by atoms with Crippen LogP contribution >= 0.6 is 0 Å². The maximum atomic E-state index is 12.7. The molecule has 2 aromatic heterocycles. The first-order valence-electron chi connectivity index (χ1n) is 11.5. The van der Waals surface area contributed by atoms with Crippen molar-refractivity contribution in [3.8, 4) is 5.82 Å². The molecule has 0 bridgehead atoms. The lowest BCUT2D eigenvalue weighted by Crippen LogP contribution is -2.48. The Morgan fingerprint density at radius 3 is 2.48 bits per heavy atom. The van der Waals surface area contributed by atoms with Crippen molar-refractivity contribution >= 4 is 5.69 Å². The fraction of sp³-hybridized carbons (Fsp3) is 0.652. The van der Waals surface area contributed by atoms with Crippen molar-refractivity contribution in [1.82, 2.24) is 19.7 Å². The Kier molecular flexibility index (Phi) is 5.44. The first-order chi connectivity index (χ1) is 14.3. The minimum absolute atomic E-state index is 0.0799. The quantitative estimate of drug-likeness (QED) is 0.864. The third-order valence-corrected chi connectivity index (χ3v) is 7.12. The number of piperazine rings is 1. The molecule has 3 heterocycles. The van der Waals surface area contributed by atoms with Gasteiger partial charge in [0.15, 0.2) is 5.82 Å². The number of aromatic amines is 1. The van der Waals surface area contributed by atoms with Crippen molar-refractivity contribution in [2.45, 2.75) is 57.8 Å². The summed E-state index contributed by atoms with van der Waals surface area (Å²) in [6, 6.07) is 4.10. The number of nitrogens with one attached hydrogen (secondary N) is 1. The van der Waals surface area contributed by atoms with Gasteiger partial charge in [0.2, 0.25) is 0 Å². The van der Waals surface area contributed by atoms with E-state index in [9.17, 15) is 4.79 Å². The Labute approximate surface area is 172 Å². The zero-order valence-electron chi connectivity index (χ0n) is 17.4. The van der Waals surface area contributed by atoms with Gasteiger partial charge >= 0.3 is 0 Å². The van der Waals surface area contributed by atoms with Gasteiger partial charge in [0.25, 0.3) is 5.56 Å². The van der Waals surface area contributed by atoms with E-state index >= 15 is 0 Å². The van der Waals surface area contributed by atoms with E-state index in [1.54, 1.807) is 4.68 Å². The maximum absolute atomic E-state index is 12.7. The Balaban J connectivity index is 1.21. The highest BCUT2D eigenvalue weighted by Crippen LogP contribution is 2.25.